The third kappa shape index (κ3) is 4.19. The Labute approximate surface area is 165 Å². The molecule has 27 heavy (non-hydrogen) atoms. The number of amides is 1. The lowest BCUT2D eigenvalue weighted by Crippen LogP contribution is -2.27. The van der Waals surface area contributed by atoms with Gasteiger partial charge in [0.25, 0.3) is 0 Å². The Morgan fingerprint density at radius 1 is 1.15 bits per heavy atom. The Morgan fingerprint density at radius 2 is 1.85 bits per heavy atom. The lowest BCUT2D eigenvalue weighted by Gasteiger charge is -2.19. The first-order chi connectivity index (χ1) is 12.9. The highest BCUT2D eigenvalue weighted by Crippen LogP contribution is 2.30. The van der Waals surface area contributed by atoms with Crippen LogP contribution in [-0.4, -0.2) is 31.5 Å². The van der Waals surface area contributed by atoms with Crippen molar-refractivity contribution in [1.82, 2.24) is 0 Å². The predicted octanol–water partition coefficient (Wildman–Crippen LogP) is 3.50. The zero-order valence-corrected chi connectivity index (χ0v) is 16.5. The average molecular weight is 432 g/mol. The lowest BCUT2D eigenvalue weighted by molar-refractivity contribution is -0.139. The minimum Gasteiger partial charge on any atom is -0.465 e. The lowest BCUT2D eigenvalue weighted by atomic mass is 10.1. The van der Waals surface area contributed by atoms with E-state index in [4.69, 9.17) is 4.74 Å². The SMILES string of the molecule is COC(=O)c1ccc(OC(=O)C2CC(=O)N(c3ccc(Br)cc3C)C2)cc1. The molecule has 1 heterocycles. The van der Waals surface area contributed by atoms with E-state index in [9.17, 15) is 14.4 Å². The molecular formula is C20H18BrNO5. The third-order valence-electron chi connectivity index (χ3n) is 4.40. The van der Waals surface area contributed by atoms with Crippen LogP contribution in [0.1, 0.15) is 22.3 Å². The number of anilines is 1. The van der Waals surface area contributed by atoms with Crippen LogP contribution in [0, 0.1) is 12.8 Å². The first kappa shape index (κ1) is 19.1. The Balaban J connectivity index is 1.68. The number of methoxy groups -OCH3 is 1. The number of hydrogen-bond donors (Lipinski definition) is 0. The average Bonchev–Trinajstić information content (AvgIpc) is 3.03. The molecule has 0 N–H and O–H groups in total. The van der Waals surface area contributed by atoms with Crippen LogP contribution in [0.4, 0.5) is 5.69 Å². The van der Waals surface area contributed by atoms with Crippen LogP contribution in [0.5, 0.6) is 5.75 Å². The van der Waals surface area contributed by atoms with Gasteiger partial charge in [0, 0.05) is 23.1 Å². The van der Waals surface area contributed by atoms with Crippen molar-refractivity contribution in [1.29, 1.82) is 0 Å². The number of aryl methyl sites for hydroxylation is 1. The van der Waals surface area contributed by atoms with Crippen LogP contribution >= 0.6 is 15.9 Å². The summed E-state index contributed by atoms with van der Waals surface area (Å²) in [5.74, 6) is -1.26. The quantitative estimate of drug-likeness (QED) is 0.546. The van der Waals surface area contributed by atoms with Crippen molar-refractivity contribution in [3.63, 3.8) is 0 Å². The molecule has 0 bridgehead atoms. The van der Waals surface area contributed by atoms with Gasteiger partial charge in [0.15, 0.2) is 0 Å². The highest BCUT2D eigenvalue weighted by molar-refractivity contribution is 9.10. The maximum absolute atomic E-state index is 12.5. The molecule has 0 aromatic heterocycles. The molecular weight excluding hydrogens is 414 g/mol. The number of nitrogens with zero attached hydrogens (tertiary/aromatic N) is 1. The standard InChI is InChI=1S/C20H18BrNO5/c1-12-9-15(21)5-8-17(12)22-11-14(10-18(22)23)20(25)27-16-6-3-13(4-7-16)19(24)26-2/h3-9,14H,10-11H2,1-2H3. The highest BCUT2D eigenvalue weighted by atomic mass is 79.9. The predicted molar refractivity (Wildman–Crippen MR) is 103 cm³/mol. The molecule has 7 heteroatoms. The molecule has 1 atom stereocenters. The Kier molecular flexibility index (Phi) is 5.60. The van der Waals surface area contributed by atoms with Crippen molar-refractivity contribution in [2.24, 2.45) is 5.92 Å². The van der Waals surface area contributed by atoms with Crippen molar-refractivity contribution in [3.05, 3.63) is 58.1 Å². The second-order valence-corrected chi connectivity index (χ2v) is 7.19. The van der Waals surface area contributed by atoms with E-state index in [0.29, 0.717) is 11.3 Å². The van der Waals surface area contributed by atoms with Crippen molar-refractivity contribution in [2.75, 3.05) is 18.6 Å². The number of ether oxygens (including phenoxy) is 2. The number of carbonyl (C=O) groups is 3. The zero-order chi connectivity index (χ0) is 19.6. The molecule has 140 valence electrons. The molecule has 0 spiro atoms. The van der Waals surface area contributed by atoms with Gasteiger partial charge in [-0.05, 0) is 55.0 Å². The summed E-state index contributed by atoms with van der Waals surface area (Å²) in [4.78, 5) is 37.9. The molecule has 3 rings (SSSR count). The van der Waals surface area contributed by atoms with E-state index in [1.165, 1.54) is 31.4 Å². The van der Waals surface area contributed by atoms with Gasteiger partial charge in [-0.1, -0.05) is 15.9 Å². The van der Waals surface area contributed by atoms with Crippen molar-refractivity contribution < 1.29 is 23.9 Å². The summed E-state index contributed by atoms with van der Waals surface area (Å²) >= 11 is 3.40. The summed E-state index contributed by atoms with van der Waals surface area (Å²) < 4.78 is 10.9. The second kappa shape index (κ2) is 7.92. The van der Waals surface area contributed by atoms with E-state index in [1.807, 2.05) is 25.1 Å². The molecule has 0 aliphatic carbocycles. The molecule has 1 aliphatic rings. The largest absolute Gasteiger partial charge is 0.465 e. The van der Waals surface area contributed by atoms with Crippen LogP contribution < -0.4 is 9.64 Å². The van der Waals surface area contributed by atoms with E-state index >= 15 is 0 Å². The van der Waals surface area contributed by atoms with Gasteiger partial charge in [-0.25, -0.2) is 4.79 Å². The zero-order valence-electron chi connectivity index (χ0n) is 14.9. The normalized spacial score (nSPS) is 16.3. The fourth-order valence-corrected chi connectivity index (χ4v) is 3.47. The van der Waals surface area contributed by atoms with Crippen molar-refractivity contribution >= 4 is 39.5 Å². The van der Waals surface area contributed by atoms with Gasteiger partial charge >= 0.3 is 11.9 Å². The first-order valence-electron chi connectivity index (χ1n) is 8.35. The molecule has 2 aromatic rings. The van der Waals surface area contributed by atoms with E-state index in [0.717, 1.165) is 15.7 Å². The maximum atomic E-state index is 12.5. The number of halogens is 1. The summed E-state index contributed by atoms with van der Waals surface area (Å²) in [5.41, 5.74) is 2.11. The summed E-state index contributed by atoms with van der Waals surface area (Å²) in [6, 6.07) is 11.7. The number of carbonyl (C=O) groups excluding carboxylic acids is 3. The molecule has 0 radical (unpaired) electrons. The van der Waals surface area contributed by atoms with E-state index in [2.05, 4.69) is 20.7 Å². The number of benzene rings is 2. The van der Waals surface area contributed by atoms with Crippen LogP contribution in [0.3, 0.4) is 0 Å². The van der Waals surface area contributed by atoms with Gasteiger partial charge in [0.2, 0.25) is 5.91 Å². The molecule has 6 nitrogen and oxygen atoms in total. The molecule has 1 amide bonds. The minimum atomic E-state index is -0.541. The van der Waals surface area contributed by atoms with Crippen LogP contribution in [0.25, 0.3) is 0 Å². The molecule has 1 unspecified atom stereocenters. The van der Waals surface area contributed by atoms with Gasteiger partial charge in [0.1, 0.15) is 5.75 Å². The molecule has 1 fully saturated rings. The van der Waals surface area contributed by atoms with E-state index in [-0.39, 0.29) is 18.9 Å². The van der Waals surface area contributed by atoms with Gasteiger partial charge in [-0.3, -0.25) is 9.59 Å². The van der Waals surface area contributed by atoms with E-state index < -0.39 is 17.9 Å². The molecule has 1 aliphatic heterocycles. The number of rotatable bonds is 4. The van der Waals surface area contributed by atoms with Gasteiger partial charge in [0.05, 0.1) is 18.6 Å². The molecule has 0 saturated carbocycles. The maximum Gasteiger partial charge on any atom is 0.337 e. The topological polar surface area (TPSA) is 72.9 Å². The van der Waals surface area contributed by atoms with Crippen molar-refractivity contribution in [3.8, 4) is 5.75 Å². The van der Waals surface area contributed by atoms with Gasteiger partial charge in [-0.2, -0.15) is 0 Å². The summed E-state index contributed by atoms with van der Waals surface area (Å²) in [6.07, 6.45) is 0.106. The van der Waals surface area contributed by atoms with Gasteiger partial charge < -0.3 is 14.4 Å². The third-order valence-corrected chi connectivity index (χ3v) is 4.90. The highest BCUT2D eigenvalue weighted by Gasteiger charge is 2.37. The monoisotopic (exact) mass is 431 g/mol. The summed E-state index contributed by atoms with van der Waals surface area (Å²) in [7, 11) is 1.30. The number of esters is 2. The van der Waals surface area contributed by atoms with Crippen LogP contribution in [0.15, 0.2) is 46.9 Å². The van der Waals surface area contributed by atoms with E-state index in [1.54, 1.807) is 4.90 Å². The van der Waals surface area contributed by atoms with Crippen LogP contribution in [-0.2, 0) is 14.3 Å². The van der Waals surface area contributed by atoms with Gasteiger partial charge in [-0.15, -0.1) is 0 Å². The smallest absolute Gasteiger partial charge is 0.337 e. The molecule has 1 saturated heterocycles. The Bertz CT molecular complexity index is 894. The van der Waals surface area contributed by atoms with Crippen LogP contribution in [0.2, 0.25) is 0 Å². The fraction of sp³-hybridized carbons (Fsp3) is 0.250. The Hall–Kier alpha value is -2.67. The summed E-state index contributed by atoms with van der Waals surface area (Å²) in [6.45, 7) is 2.20. The Morgan fingerprint density at radius 3 is 2.48 bits per heavy atom. The van der Waals surface area contributed by atoms with Crippen molar-refractivity contribution in [2.45, 2.75) is 13.3 Å². The number of hydrogen-bond acceptors (Lipinski definition) is 5. The second-order valence-electron chi connectivity index (χ2n) is 6.27. The first-order valence-corrected chi connectivity index (χ1v) is 9.15. The molecule has 2 aromatic carbocycles. The minimum absolute atomic E-state index is 0.106. The summed E-state index contributed by atoms with van der Waals surface area (Å²) in [5, 5.41) is 0. The fourth-order valence-electron chi connectivity index (χ4n) is 3.00.